The van der Waals surface area contributed by atoms with Crippen molar-refractivity contribution in [2.24, 2.45) is 0 Å². The number of allylic oxidation sites excluding steroid dienone is 20. The molecular weight excluding hydrogens is 733 g/mol. The maximum absolute atomic E-state index is 12.7. The Labute approximate surface area is 361 Å². The first kappa shape index (κ1) is 54.8. The maximum atomic E-state index is 12.7. The fourth-order valence-corrected chi connectivity index (χ4v) is 5.61. The van der Waals surface area contributed by atoms with Crippen molar-refractivity contribution in [3.63, 3.8) is 0 Å². The van der Waals surface area contributed by atoms with Crippen LogP contribution < -0.4 is 0 Å². The molecule has 59 heavy (non-hydrogen) atoms. The standard InChI is InChI=1S/C53H82O6/c1-4-7-10-13-16-19-22-24-25-26-27-29-31-34-37-40-43-46-52(55)58-49-50(48-57-51(54)45-42-39-36-33-30-21-18-15-12-9-6-3)59-53(56)47-44-41-38-35-32-28-23-20-17-14-11-8-5-2/h8-9,11-12,14,17-18,20-21,23-25,27-29,32-34,36-37,50H,4-7,10,13,15-16,19,22,26,30-31,35,38-49H2,1-3H3/b11-8-,12-9-,17-14-,21-18-,23-20-,25-24-,29-27-,32-28-,36-33-,37-34-. The first-order valence-corrected chi connectivity index (χ1v) is 23.1. The summed E-state index contributed by atoms with van der Waals surface area (Å²) in [5.74, 6) is -1.10. The van der Waals surface area contributed by atoms with E-state index in [1.807, 2.05) is 36.5 Å². The molecule has 0 aromatic carbocycles. The van der Waals surface area contributed by atoms with Gasteiger partial charge in [-0.25, -0.2) is 0 Å². The fourth-order valence-electron chi connectivity index (χ4n) is 5.61. The second-order valence-electron chi connectivity index (χ2n) is 14.6. The Hall–Kier alpha value is -4.19. The van der Waals surface area contributed by atoms with Gasteiger partial charge in [0, 0.05) is 19.3 Å². The summed E-state index contributed by atoms with van der Waals surface area (Å²) >= 11 is 0. The molecular formula is C53H82O6. The van der Waals surface area contributed by atoms with Gasteiger partial charge in [-0.1, -0.05) is 181 Å². The number of rotatable bonds is 39. The van der Waals surface area contributed by atoms with Crippen molar-refractivity contribution in [3.05, 3.63) is 122 Å². The molecule has 0 aromatic rings. The average molecular weight is 815 g/mol. The summed E-state index contributed by atoms with van der Waals surface area (Å²) in [6.07, 6.45) is 63.4. The van der Waals surface area contributed by atoms with Gasteiger partial charge in [-0.05, 0) is 96.3 Å². The van der Waals surface area contributed by atoms with E-state index in [1.165, 1.54) is 44.9 Å². The maximum Gasteiger partial charge on any atom is 0.306 e. The minimum Gasteiger partial charge on any atom is -0.462 e. The van der Waals surface area contributed by atoms with Crippen molar-refractivity contribution in [1.82, 2.24) is 0 Å². The van der Waals surface area contributed by atoms with Crippen LogP contribution in [-0.4, -0.2) is 37.2 Å². The van der Waals surface area contributed by atoms with Gasteiger partial charge >= 0.3 is 17.9 Å². The topological polar surface area (TPSA) is 78.9 Å². The van der Waals surface area contributed by atoms with Crippen molar-refractivity contribution in [3.8, 4) is 0 Å². The molecule has 0 aliphatic carbocycles. The molecule has 0 fully saturated rings. The summed E-state index contributed by atoms with van der Waals surface area (Å²) < 4.78 is 16.6. The Morgan fingerprint density at radius 2 is 0.763 bits per heavy atom. The van der Waals surface area contributed by atoms with Crippen molar-refractivity contribution < 1.29 is 28.6 Å². The van der Waals surface area contributed by atoms with Crippen molar-refractivity contribution in [2.45, 2.75) is 181 Å². The van der Waals surface area contributed by atoms with Gasteiger partial charge in [0.25, 0.3) is 0 Å². The van der Waals surface area contributed by atoms with Gasteiger partial charge in [-0.2, -0.15) is 0 Å². The molecule has 0 rings (SSSR count). The number of unbranched alkanes of at least 4 members (excludes halogenated alkanes) is 11. The Balaban J connectivity index is 4.59. The Kier molecular flexibility index (Phi) is 43.2. The highest BCUT2D eigenvalue weighted by Gasteiger charge is 2.19. The Bertz CT molecular complexity index is 1300. The summed E-state index contributed by atoms with van der Waals surface area (Å²) in [6, 6.07) is 0. The molecule has 1 unspecified atom stereocenters. The van der Waals surface area contributed by atoms with Crippen LogP contribution >= 0.6 is 0 Å². The van der Waals surface area contributed by atoms with Crippen LogP contribution in [0.3, 0.4) is 0 Å². The van der Waals surface area contributed by atoms with E-state index < -0.39 is 6.10 Å². The predicted octanol–water partition coefficient (Wildman–Crippen LogP) is 15.0. The van der Waals surface area contributed by atoms with Crippen LogP contribution in [-0.2, 0) is 28.6 Å². The third kappa shape index (κ3) is 44.8. The summed E-state index contributed by atoms with van der Waals surface area (Å²) in [7, 11) is 0. The minimum absolute atomic E-state index is 0.140. The number of ether oxygens (including phenoxy) is 3. The fraction of sp³-hybridized carbons (Fsp3) is 0.566. The van der Waals surface area contributed by atoms with E-state index in [0.717, 1.165) is 70.6 Å². The van der Waals surface area contributed by atoms with E-state index in [1.54, 1.807) is 0 Å². The molecule has 6 nitrogen and oxygen atoms in total. The third-order valence-electron chi connectivity index (χ3n) is 9.03. The van der Waals surface area contributed by atoms with Crippen LogP contribution in [0, 0.1) is 0 Å². The zero-order valence-electron chi connectivity index (χ0n) is 37.5. The van der Waals surface area contributed by atoms with E-state index in [2.05, 4.69) is 106 Å². The molecule has 0 radical (unpaired) electrons. The quantitative estimate of drug-likeness (QED) is 0.0202. The van der Waals surface area contributed by atoms with Crippen molar-refractivity contribution in [1.29, 1.82) is 0 Å². The largest absolute Gasteiger partial charge is 0.462 e. The molecule has 0 bridgehead atoms. The van der Waals surface area contributed by atoms with Crippen molar-refractivity contribution in [2.75, 3.05) is 13.2 Å². The van der Waals surface area contributed by atoms with Crippen LogP contribution in [0.5, 0.6) is 0 Å². The third-order valence-corrected chi connectivity index (χ3v) is 9.03. The van der Waals surface area contributed by atoms with Crippen LogP contribution in [0.2, 0.25) is 0 Å². The van der Waals surface area contributed by atoms with E-state index in [0.29, 0.717) is 19.3 Å². The summed E-state index contributed by atoms with van der Waals surface area (Å²) in [4.78, 5) is 37.7. The molecule has 1 atom stereocenters. The van der Waals surface area contributed by atoms with Crippen LogP contribution in [0.15, 0.2) is 122 Å². The van der Waals surface area contributed by atoms with Gasteiger partial charge in [0.15, 0.2) is 6.10 Å². The van der Waals surface area contributed by atoms with E-state index >= 15 is 0 Å². The lowest BCUT2D eigenvalue weighted by molar-refractivity contribution is -0.167. The summed E-state index contributed by atoms with van der Waals surface area (Å²) in [6.45, 7) is 6.21. The molecule has 0 heterocycles. The van der Waals surface area contributed by atoms with E-state index in [-0.39, 0.29) is 50.4 Å². The zero-order chi connectivity index (χ0) is 43.0. The number of hydrogen-bond acceptors (Lipinski definition) is 6. The lowest BCUT2D eigenvalue weighted by atomic mass is 10.1. The van der Waals surface area contributed by atoms with Crippen LogP contribution in [0.4, 0.5) is 0 Å². The molecule has 6 heteroatoms. The second-order valence-corrected chi connectivity index (χ2v) is 14.6. The molecule has 0 aliphatic heterocycles. The minimum atomic E-state index is -0.840. The number of hydrogen-bond donors (Lipinski definition) is 0. The Morgan fingerprint density at radius 3 is 1.29 bits per heavy atom. The first-order valence-electron chi connectivity index (χ1n) is 23.1. The number of carbonyl (C=O) groups excluding carboxylic acids is 3. The average Bonchev–Trinajstić information content (AvgIpc) is 3.23. The molecule has 0 N–H and O–H groups in total. The molecule has 0 aliphatic rings. The van der Waals surface area contributed by atoms with Crippen LogP contribution in [0.25, 0.3) is 0 Å². The first-order chi connectivity index (χ1) is 29.0. The van der Waals surface area contributed by atoms with Crippen LogP contribution in [0.1, 0.15) is 175 Å². The van der Waals surface area contributed by atoms with Gasteiger partial charge < -0.3 is 14.2 Å². The van der Waals surface area contributed by atoms with Gasteiger partial charge in [-0.3, -0.25) is 14.4 Å². The summed E-state index contributed by atoms with van der Waals surface area (Å²) in [5.41, 5.74) is 0. The highest BCUT2D eigenvalue weighted by atomic mass is 16.6. The number of esters is 3. The van der Waals surface area contributed by atoms with Gasteiger partial charge in [0.2, 0.25) is 0 Å². The number of carbonyl (C=O) groups is 3. The predicted molar refractivity (Wildman–Crippen MR) is 251 cm³/mol. The molecule has 0 saturated carbocycles. The molecule has 0 aromatic heterocycles. The second kappa shape index (κ2) is 46.5. The monoisotopic (exact) mass is 815 g/mol. The van der Waals surface area contributed by atoms with E-state index in [9.17, 15) is 14.4 Å². The van der Waals surface area contributed by atoms with Crippen molar-refractivity contribution >= 4 is 17.9 Å². The molecule has 0 saturated heterocycles. The summed E-state index contributed by atoms with van der Waals surface area (Å²) in [5, 5.41) is 0. The lowest BCUT2D eigenvalue weighted by Gasteiger charge is -2.18. The normalized spacial score (nSPS) is 13.2. The zero-order valence-corrected chi connectivity index (χ0v) is 37.5. The molecule has 0 spiro atoms. The lowest BCUT2D eigenvalue weighted by Crippen LogP contribution is -2.30. The van der Waals surface area contributed by atoms with Gasteiger partial charge in [0.1, 0.15) is 13.2 Å². The van der Waals surface area contributed by atoms with E-state index in [4.69, 9.17) is 14.2 Å². The highest BCUT2D eigenvalue weighted by molar-refractivity contribution is 5.71. The smallest absolute Gasteiger partial charge is 0.306 e. The highest BCUT2D eigenvalue weighted by Crippen LogP contribution is 2.10. The van der Waals surface area contributed by atoms with Gasteiger partial charge in [0.05, 0.1) is 0 Å². The SMILES string of the molecule is CC\C=C/C=C\C=C/C=C\CCCCCC(=O)OC(COC(=O)CCC/C=C\C/C=C\C/C=C\CC)COC(=O)CCC/C=C\C/C=C\C/C=C\CCCCCCCC. The molecule has 0 amide bonds. The Morgan fingerprint density at radius 1 is 0.373 bits per heavy atom. The molecule has 330 valence electrons. The van der Waals surface area contributed by atoms with Gasteiger partial charge in [-0.15, -0.1) is 0 Å².